The number of hydrogen-bond acceptors (Lipinski definition) is 4. The van der Waals surface area contributed by atoms with Crippen LogP contribution in [0.15, 0.2) is 42.6 Å². The van der Waals surface area contributed by atoms with Gasteiger partial charge in [-0.1, -0.05) is 17.7 Å². The van der Waals surface area contributed by atoms with E-state index in [0.29, 0.717) is 37.3 Å². The van der Waals surface area contributed by atoms with Crippen molar-refractivity contribution in [2.75, 3.05) is 26.2 Å². The first-order valence-electron chi connectivity index (χ1n) is 8.30. The van der Waals surface area contributed by atoms with Gasteiger partial charge in [-0.25, -0.2) is 9.78 Å². The van der Waals surface area contributed by atoms with Crippen molar-refractivity contribution in [3.8, 4) is 0 Å². The van der Waals surface area contributed by atoms with Gasteiger partial charge in [0.2, 0.25) is 0 Å². The molecule has 26 heavy (non-hydrogen) atoms. The maximum atomic E-state index is 12.5. The van der Waals surface area contributed by atoms with Crippen LogP contribution in [0.1, 0.15) is 36.8 Å². The fourth-order valence-corrected chi connectivity index (χ4v) is 2.82. The first-order valence-corrected chi connectivity index (χ1v) is 8.30. The molecule has 2 aromatic rings. The Labute approximate surface area is 150 Å². The van der Waals surface area contributed by atoms with Gasteiger partial charge in [0.05, 0.1) is 5.56 Å². The number of aromatic nitrogens is 1. The highest BCUT2D eigenvalue weighted by Crippen LogP contribution is 2.12. The van der Waals surface area contributed by atoms with Crippen molar-refractivity contribution in [3.05, 3.63) is 65.0 Å². The second kappa shape index (κ2) is 7.35. The third kappa shape index (κ3) is 3.72. The Balaban J connectivity index is 1.60. The molecule has 134 valence electrons. The molecule has 0 radical (unpaired) electrons. The first-order chi connectivity index (χ1) is 12.5. The van der Waals surface area contributed by atoms with Gasteiger partial charge < -0.3 is 14.9 Å². The molecule has 1 aliphatic heterocycles. The van der Waals surface area contributed by atoms with Crippen LogP contribution in [0, 0.1) is 6.92 Å². The van der Waals surface area contributed by atoms with Crippen LogP contribution in [0.3, 0.4) is 0 Å². The van der Waals surface area contributed by atoms with Crippen LogP contribution in [-0.2, 0) is 0 Å². The average molecular weight is 353 g/mol. The summed E-state index contributed by atoms with van der Waals surface area (Å²) in [5, 5.41) is 8.86. The Morgan fingerprint density at radius 2 is 1.35 bits per heavy atom. The van der Waals surface area contributed by atoms with Crippen LogP contribution in [-0.4, -0.2) is 63.9 Å². The highest BCUT2D eigenvalue weighted by Gasteiger charge is 2.25. The number of nitrogens with zero attached hydrogens (tertiary/aromatic N) is 3. The first kappa shape index (κ1) is 17.6. The molecule has 7 nitrogen and oxygen atoms in total. The van der Waals surface area contributed by atoms with E-state index < -0.39 is 5.97 Å². The molecule has 1 aliphatic rings. The van der Waals surface area contributed by atoms with Crippen molar-refractivity contribution in [1.82, 2.24) is 14.8 Å². The van der Waals surface area contributed by atoms with Crippen molar-refractivity contribution in [2.45, 2.75) is 6.92 Å². The van der Waals surface area contributed by atoms with E-state index in [1.807, 2.05) is 31.2 Å². The topological polar surface area (TPSA) is 90.8 Å². The molecule has 7 heteroatoms. The minimum absolute atomic E-state index is 0.0374. The second-order valence-electron chi connectivity index (χ2n) is 6.19. The lowest BCUT2D eigenvalue weighted by molar-refractivity contribution is 0.0535. The summed E-state index contributed by atoms with van der Waals surface area (Å²) >= 11 is 0. The normalized spacial score (nSPS) is 14.2. The van der Waals surface area contributed by atoms with Crippen molar-refractivity contribution in [2.24, 2.45) is 0 Å². The van der Waals surface area contributed by atoms with E-state index in [1.165, 1.54) is 18.3 Å². The lowest BCUT2D eigenvalue weighted by Gasteiger charge is -2.34. The highest BCUT2D eigenvalue weighted by molar-refractivity contribution is 5.96. The summed E-state index contributed by atoms with van der Waals surface area (Å²) in [6.45, 7) is 3.74. The zero-order chi connectivity index (χ0) is 18.7. The van der Waals surface area contributed by atoms with E-state index >= 15 is 0 Å². The van der Waals surface area contributed by atoms with E-state index in [1.54, 1.807) is 9.80 Å². The summed E-state index contributed by atoms with van der Waals surface area (Å²) in [7, 11) is 0. The zero-order valence-corrected chi connectivity index (χ0v) is 14.4. The summed E-state index contributed by atoms with van der Waals surface area (Å²) in [6, 6.07) is 10.2. The molecule has 2 amide bonds. The molecule has 0 unspecified atom stereocenters. The van der Waals surface area contributed by atoms with Crippen LogP contribution in [0.25, 0.3) is 0 Å². The Morgan fingerprint density at radius 3 is 1.81 bits per heavy atom. The van der Waals surface area contributed by atoms with Gasteiger partial charge in [-0.3, -0.25) is 9.59 Å². The number of pyridine rings is 1. The van der Waals surface area contributed by atoms with Crippen LogP contribution in [0.5, 0.6) is 0 Å². The molecule has 1 N–H and O–H groups in total. The summed E-state index contributed by atoms with van der Waals surface area (Å²) < 4.78 is 0. The zero-order valence-electron chi connectivity index (χ0n) is 14.4. The lowest BCUT2D eigenvalue weighted by Crippen LogP contribution is -2.50. The van der Waals surface area contributed by atoms with Gasteiger partial charge in [0.25, 0.3) is 11.8 Å². The number of rotatable bonds is 3. The van der Waals surface area contributed by atoms with Gasteiger partial charge in [0, 0.05) is 37.9 Å². The molecular weight excluding hydrogens is 334 g/mol. The van der Waals surface area contributed by atoms with Crippen LogP contribution in [0.2, 0.25) is 0 Å². The van der Waals surface area contributed by atoms with E-state index in [9.17, 15) is 14.4 Å². The third-order valence-corrected chi connectivity index (χ3v) is 4.38. The van der Waals surface area contributed by atoms with Crippen LogP contribution in [0.4, 0.5) is 0 Å². The number of benzene rings is 1. The number of amides is 2. The molecule has 0 spiro atoms. The molecule has 1 fully saturated rings. The minimum Gasteiger partial charge on any atom is -0.477 e. The Hall–Kier alpha value is -3.22. The molecule has 0 atom stereocenters. The second-order valence-corrected chi connectivity index (χ2v) is 6.19. The predicted octanol–water partition coefficient (Wildman–Crippen LogP) is 1.69. The van der Waals surface area contributed by atoms with Crippen LogP contribution < -0.4 is 0 Å². The molecule has 1 saturated heterocycles. The summed E-state index contributed by atoms with van der Waals surface area (Å²) in [6.07, 6.45) is 1.27. The molecule has 1 aromatic heterocycles. The number of aryl methyl sites for hydroxylation is 1. The maximum Gasteiger partial charge on any atom is 0.354 e. The van der Waals surface area contributed by atoms with Gasteiger partial charge in [-0.2, -0.15) is 0 Å². The van der Waals surface area contributed by atoms with E-state index in [0.717, 1.165) is 5.56 Å². The SMILES string of the molecule is Cc1ccc(C(=O)N2CCN(C(=O)c3ccc(C(=O)O)nc3)CC2)cc1. The molecule has 0 aliphatic carbocycles. The number of carbonyl (C=O) groups excluding carboxylic acids is 2. The predicted molar refractivity (Wildman–Crippen MR) is 94.2 cm³/mol. The quantitative estimate of drug-likeness (QED) is 0.907. The summed E-state index contributed by atoms with van der Waals surface area (Å²) in [5.74, 6) is -1.38. The fraction of sp³-hybridized carbons (Fsp3) is 0.263. The van der Waals surface area contributed by atoms with Crippen molar-refractivity contribution >= 4 is 17.8 Å². The monoisotopic (exact) mass is 353 g/mol. The van der Waals surface area contributed by atoms with Gasteiger partial charge in [0.15, 0.2) is 0 Å². The Morgan fingerprint density at radius 1 is 0.846 bits per heavy atom. The largest absolute Gasteiger partial charge is 0.477 e. The maximum absolute atomic E-state index is 12.5. The molecule has 2 heterocycles. The summed E-state index contributed by atoms with van der Waals surface area (Å²) in [5.41, 5.74) is 1.98. The highest BCUT2D eigenvalue weighted by atomic mass is 16.4. The van der Waals surface area contributed by atoms with Crippen LogP contribution >= 0.6 is 0 Å². The molecular formula is C19H19N3O4. The third-order valence-electron chi connectivity index (χ3n) is 4.38. The number of carboxylic acids is 1. The smallest absolute Gasteiger partial charge is 0.354 e. The van der Waals surface area contributed by atoms with Crippen molar-refractivity contribution in [1.29, 1.82) is 0 Å². The Kier molecular flexibility index (Phi) is 4.97. The number of aromatic carboxylic acids is 1. The van der Waals surface area contributed by atoms with E-state index in [4.69, 9.17) is 5.11 Å². The lowest BCUT2D eigenvalue weighted by atomic mass is 10.1. The molecule has 0 saturated carbocycles. The number of carbonyl (C=O) groups is 3. The van der Waals surface area contributed by atoms with Gasteiger partial charge in [0.1, 0.15) is 5.69 Å². The van der Waals surface area contributed by atoms with E-state index in [-0.39, 0.29) is 17.5 Å². The minimum atomic E-state index is -1.13. The van der Waals surface area contributed by atoms with Gasteiger partial charge in [-0.15, -0.1) is 0 Å². The Bertz CT molecular complexity index is 823. The number of hydrogen-bond donors (Lipinski definition) is 1. The fourth-order valence-electron chi connectivity index (χ4n) is 2.82. The van der Waals surface area contributed by atoms with Crippen molar-refractivity contribution < 1.29 is 19.5 Å². The molecule has 3 rings (SSSR count). The molecule has 1 aromatic carbocycles. The van der Waals surface area contributed by atoms with Gasteiger partial charge >= 0.3 is 5.97 Å². The summed E-state index contributed by atoms with van der Waals surface area (Å²) in [4.78, 5) is 43.0. The standard InChI is InChI=1S/C19H19N3O4/c1-13-2-4-14(5-3-13)17(23)21-8-10-22(11-9-21)18(24)15-6-7-16(19(25)26)20-12-15/h2-7,12H,8-11H2,1H3,(H,25,26). The number of piperazine rings is 1. The van der Waals surface area contributed by atoms with Gasteiger partial charge in [-0.05, 0) is 31.2 Å². The average Bonchev–Trinajstić information content (AvgIpc) is 2.67. The number of carboxylic acid groups (broad SMARTS) is 1. The van der Waals surface area contributed by atoms with E-state index in [2.05, 4.69) is 4.98 Å². The molecule has 0 bridgehead atoms. The van der Waals surface area contributed by atoms with Crippen molar-refractivity contribution in [3.63, 3.8) is 0 Å².